The van der Waals surface area contributed by atoms with Crippen LogP contribution >= 0.6 is 0 Å². The fourth-order valence-electron chi connectivity index (χ4n) is 1.69. The molecule has 4 N–H and O–H groups in total. The van der Waals surface area contributed by atoms with Gasteiger partial charge in [0.1, 0.15) is 0 Å². The molecule has 0 bridgehead atoms. The minimum atomic E-state index is -0.921. The highest BCUT2D eigenvalue weighted by Crippen LogP contribution is 2.38. The lowest BCUT2D eigenvalue weighted by atomic mass is 9.87. The van der Waals surface area contributed by atoms with Gasteiger partial charge in [0, 0.05) is 6.54 Å². The van der Waals surface area contributed by atoms with Crippen molar-refractivity contribution in [1.29, 1.82) is 0 Å². The summed E-state index contributed by atoms with van der Waals surface area (Å²) in [5.41, 5.74) is 4.16. The number of carboxylic acids is 1. The van der Waals surface area contributed by atoms with Crippen molar-refractivity contribution in [2.75, 3.05) is 6.54 Å². The molecule has 5 heteroatoms. The van der Waals surface area contributed by atoms with E-state index in [0.29, 0.717) is 6.42 Å². The van der Waals surface area contributed by atoms with Crippen molar-refractivity contribution in [3.63, 3.8) is 0 Å². The lowest BCUT2D eigenvalue weighted by Gasteiger charge is -2.28. The topological polar surface area (TPSA) is 92.4 Å². The molecule has 1 amide bonds. The molecule has 0 saturated heterocycles. The van der Waals surface area contributed by atoms with E-state index in [4.69, 9.17) is 10.8 Å². The van der Waals surface area contributed by atoms with Gasteiger partial charge in [-0.3, -0.25) is 9.59 Å². The normalized spacial score (nSPS) is 22.4. The van der Waals surface area contributed by atoms with Crippen LogP contribution in [0, 0.1) is 11.3 Å². The first-order valence-corrected chi connectivity index (χ1v) is 6.04. The van der Waals surface area contributed by atoms with Crippen LogP contribution in [0.3, 0.4) is 0 Å². The number of rotatable bonds is 6. The summed E-state index contributed by atoms with van der Waals surface area (Å²) in [4.78, 5) is 23.0. The van der Waals surface area contributed by atoms with Gasteiger partial charge in [0.25, 0.3) is 0 Å². The van der Waals surface area contributed by atoms with Crippen molar-refractivity contribution in [1.82, 2.24) is 5.32 Å². The molecule has 2 unspecified atom stereocenters. The summed E-state index contributed by atoms with van der Waals surface area (Å²) in [5.74, 6) is -0.911. The Labute approximate surface area is 102 Å². The van der Waals surface area contributed by atoms with E-state index < -0.39 is 16.9 Å². The molecule has 0 aliphatic heterocycles. The predicted molar refractivity (Wildman–Crippen MR) is 64.4 cm³/mol. The molecule has 98 valence electrons. The third-order valence-corrected chi connectivity index (χ3v) is 3.85. The van der Waals surface area contributed by atoms with E-state index >= 15 is 0 Å². The summed E-state index contributed by atoms with van der Waals surface area (Å²) in [6, 6.07) is 0. The monoisotopic (exact) mass is 242 g/mol. The van der Waals surface area contributed by atoms with E-state index in [1.54, 1.807) is 20.8 Å². The maximum Gasteiger partial charge on any atom is 0.311 e. The third kappa shape index (κ3) is 2.97. The zero-order valence-corrected chi connectivity index (χ0v) is 10.7. The molecule has 1 aliphatic carbocycles. The number of amides is 1. The summed E-state index contributed by atoms with van der Waals surface area (Å²) in [5, 5.41) is 11.8. The molecule has 5 nitrogen and oxygen atoms in total. The Balaban J connectivity index is 2.55. The second-order valence-electron chi connectivity index (χ2n) is 5.46. The Bertz CT molecular complexity index is 324. The zero-order valence-electron chi connectivity index (χ0n) is 10.7. The van der Waals surface area contributed by atoms with Crippen molar-refractivity contribution in [3.8, 4) is 0 Å². The molecular formula is C12H22N2O3. The van der Waals surface area contributed by atoms with E-state index in [9.17, 15) is 9.59 Å². The molecule has 1 aliphatic rings. The van der Waals surface area contributed by atoms with Gasteiger partial charge in [-0.2, -0.15) is 0 Å². The fourth-order valence-corrected chi connectivity index (χ4v) is 1.69. The van der Waals surface area contributed by atoms with Crippen molar-refractivity contribution in [2.24, 2.45) is 17.1 Å². The molecule has 1 fully saturated rings. The molecular weight excluding hydrogens is 220 g/mol. The molecule has 0 spiro atoms. The van der Waals surface area contributed by atoms with Crippen LogP contribution in [0.25, 0.3) is 0 Å². The Kier molecular flexibility index (Phi) is 3.81. The van der Waals surface area contributed by atoms with E-state index in [2.05, 4.69) is 5.32 Å². The first kappa shape index (κ1) is 14.0. The molecule has 0 aromatic carbocycles. The maximum absolute atomic E-state index is 11.9. The molecule has 0 radical (unpaired) electrons. The number of hydrogen-bond donors (Lipinski definition) is 3. The lowest BCUT2D eigenvalue weighted by Crippen LogP contribution is -2.55. The van der Waals surface area contributed by atoms with E-state index in [1.807, 2.05) is 0 Å². The Hall–Kier alpha value is -1.10. The van der Waals surface area contributed by atoms with Crippen LogP contribution in [0.4, 0.5) is 0 Å². The summed E-state index contributed by atoms with van der Waals surface area (Å²) in [6.45, 7) is 5.25. The van der Waals surface area contributed by atoms with Crippen LogP contribution in [-0.2, 0) is 9.59 Å². The van der Waals surface area contributed by atoms with Gasteiger partial charge in [-0.05, 0) is 39.0 Å². The standard InChI is InChI=1S/C12H22N2O3/c1-4-11(2,10(16)17)7-14-9(15)12(3,13)8-5-6-8/h8H,4-7,13H2,1-3H3,(H,14,15)(H,16,17). The number of nitrogens with two attached hydrogens (primary N) is 1. The highest BCUT2D eigenvalue weighted by Gasteiger charge is 2.44. The number of nitrogens with one attached hydrogen (secondary N) is 1. The first-order valence-electron chi connectivity index (χ1n) is 6.04. The first-order chi connectivity index (χ1) is 7.74. The van der Waals surface area contributed by atoms with Crippen LogP contribution in [0.15, 0.2) is 0 Å². The number of hydrogen-bond acceptors (Lipinski definition) is 3. The van der Waals surface area contributed by atoms with Crippen molar-refractivity contribution >= 4 is 11.9 Å². The van der Waals surface area contributed by atoms with Gasteiger partial charge in [-0.25, -0.2) is 0 Å². The lowest BCUT2D eigenvalue weighted by molar-refractivity contribution is -0.148. The predicted octanol–water partition coefficient (Wildman–Crippen LogP) is 0.731. The minimum Gasteiger partial charge on any atom is -0.481 e. The summed E-state index contributed by atoms with van der Waals surface area (Å²) in [6.07, 6.45) is 2.42. The van der Waals surface area contributed by atoms with E-state index in [1.165, 1.54) is 0 Å². The Morgan fingerprint density at radius 1 is 1.41 bits per heavy atom. The van der Waals surface area contributed by atoms with Gasteiger partial charge in [-0.15, -0.1) is 0 Å². The van der Waals surface area contributed by atoms with Gasteiger partial charge in [-0.1, -0.05) is 6.92 Å². The number of aliphatic carboxylic acids is 1. The second kappa shape index (κ2) is 4.64. The van der Waals surface area contributed by atoms with Crippen molar-refractivity contribution in [2.45, 2.75) is 45.6 Å². The van der Waals surface area contributed by atoms with Gasteiger partial charge in [0.05, 0.1) is 11.0 Å². The van der Waals surface area contributed by atoms with Crippen LogP contribution < -0.4 is 11.1 Å². The zero-order chi connectivity index (χ0) is 13.3. The molecule has 0 heterocycles. The van der Waals surface area contributed by atoms with Crippen molar-refractivity contribution < 1.29 is 14.7 Å². The smallest absolute Gasteiger partial charge is 0.311 e. The summed E-state index contributed by atoms with van der Waals surface area (Å²) in [7, 11) is 0. The number of carbonyl (C=O) groups excluding carboxylic acids is 1. The van der Waals surface area contributed by atoms with E-state index in [0.717, 1.165) is 12.8 Å². The number of carboxylic acid groups (broad SMARTS) is 1. The fraction of sp³-hybridized carbons (Fsp3) is 0.833. The van der Waals surface area contributed by atoms with E-state index in [-0.39, 0.29) is 18.4 Å². The highest BCUT2D eigenvalue weighted by molar-refractivity contribution is 5.87. The molecule has 1 rings (SSSR count). The van der Waals surface area contributed by atoms with Gasteiger partial charge in [0.2, 0.25) is 5.91 Å². The highest BCUT2D eigenvalue weighted by atomic mass is 16.4. The van der Waals surface area contributed by atoms with Crippen molar-refractivity contribution in [3.05, 3.63) is 0 Å². The van der Waals surface area contributed by atoms with Gasteiger partial charge in [0.15, 0.2) is 0 Å². The van der Waals surface area contributed by atoms with Gasteiger partial charge >= 0.3 is 5.97 Å². The number of carbonyl (C=O) groups is 2. The minimum absolute atomic E-state index is 0.122. The van der Waals surface area contributed by atoms with Crippen LogP contribution in [0.5, 0.6) is 0 Å². The summed E-state index contributed by atoms with van der Waals surface area (Å²) < 4.78 is 0. The van der Waals surface area contributed by atoms with Crippen LogP contribution in [0.1, 0.15) is 40.0 Å². The molecule has 17 heavy (non-hydrogen) atoms. The molecule has 0 aromatic heterocycles. The average molecular weight is 242 g/mol. The quantitative estimate of drug-likeness (QED) is 0.640. The molecule has 1 saturated carbocycles. The van der Waals surface area contributed by atoms with Crippen LogP contribution in [0.2, 0.25) is 0 Å². The average Bonchev–Trinajstić information content (AvgIpc) is 3.08. The maximum atomic E-state index is 11.9. The molecule has 2 atom stereocenters. The SMILES string of the molecule is CCC(C)(CNC(=O)C(C)(N)C1CC1)C(=O)O. The van der Waals surface area contributed by atoms with Crippen LogP contribution in [-0.4, -0.2) is 29.1 Å². The summed E-state index contributed by atoms with van der Waals surface area (Å²) >= 11 is 0. The second-order valence-corrected chi connectivity index (χ2v) is 5.46. The Morgan fingerprint density at radius 3 is 2.29 bits per heavy atom. The third-order valence-electron chi connectivity index (χ3n) is 3.85. The molecule has 0 aromatic rings. The largest absolute Gasteiger partial charge is 0.481 e. The Morgan fingerprint density at radius 2 is 1.94 bits per heavy atom. The van der Waals surface area contributed by atoms with Gasteiger partial charge < -0.3 is 16.2 Å².